The maximum atomic E-state index is 5.58. The molecule has 2 rings (SSSR count). The number of hydrogen-bond acceptors (Lipinski definition) is 2. The number of aryl methyl sites for hydroxylation is 2. The van der Waals surface area contributed by atoms with Crippen molar-refractivity contribution >= 4 is 0 Å². The number of rotatable bonds is 5. The highest BCUT2D eigenvalue weighted by atomic mass is 16.5. The zero-order valence-corrected chi connectivity index (χ0v) is 12.8. The number of benzene rings is 2. The average Bonchev–Trinajstić information content (AvgIpc) is 2.43. The summed E-state index contributed by atoms with van der Waals surface area (Å²) in [6, 6.07) is 12.8. The first-order valence-corrected chi connectivity index (χ1v) is 7.13. The Morgan fingerprint density at radius 3 is 2.30 bits per heavy atom. The van der Waals surface area contributed by atoms with Crippen LogP contribution >= 0.6 is 0 Å². The second kappa shape index (κ2) is 6.58. The van der Waals surface area contributed by atoms with Gasteiger partial charge in [-0.05, 0) is 67.8 Å². The van der Waals surface area contributed by atoms with Gasteiger partial charge in [0.25, 0.3) is 0 Å². The van der Waals surface area contributed by atoms with E-state index in [0.29, 0.717) is 6.61 Å². The van der Waals surface area contributed by atoms with Crippen molar-refractivity contribution in [2.45, 2.75) is 27.3 Å². The normalized spacial score (nSPS) is 10.6. The van der Waals surface area contributed by atoms with Crippen molar-refractivity contribution in [3.05, 3.63) is 53.1 Å². The summed E-state index contributed by atoms with van der Waals surface area (Å²) >= 11 is 0. The zero-order chi connectivity index (χ0) is 14.5. The van der Waals surface area contributed by atoms with Crippen LogP contribution in [0.2, 0.25) is 0 Å². The monoisotopic (exact) mass is 269 g/mol. The molecular formula is C18H23NO. The summed E-state index contributed by atoms with van der Waals surface area (Å²) in [5, 5.41) is 3.23. The molecule has 0 aliphatic carbocycles. The lowest BCUT2D eigenvalue weighted by Crippen LogP contribution is -2.08. The van der Waals surface area contributed by atoms with E-state index < -0.39 is 0 Å². The van der Waals surface area contributed by atoms with E-state index in [1.807, 2.05) is 26.1 Å². The second-order valence-corrected chi connectivity index (χ2v) is 5.08. The van der Waals surface area contributed by atoms with Gasteiger partial charge in [-0.15, -0.1) is 0 Å². The standard InChI is InChI=1S/C18H23NO/c1-5-20-17-8-6-7-15(11-17)16-9-13(2)18(12-19-4)14(3)10-16/h6-11,19H,5,12H2,1-4H3. The van der Waals surface area contributed by atoms with Gasteiger partial charge in [0.15, 0.2) is 0 Å². The van der Waals surface area contributed by atoms with Crippen LogP contribution in [0.1, 0.15) is 23.6 Å². The van der Waals surface area contributed by atoms with E-state index >= 15 is 0 Å². The maximum absolute atomic E-state index is 5.58. The summed E-state index contributed by atoms with van der Waals surface area (Å²) in [5.74, 6) is 0.930. The minimum atomic E-state index is 0.697. The third-order valence-electron chi connectivity index (χ3n) is 3.53. The Kier molecular flexibility index (Phi) is 4.80. The molecule has 0 saturated heterocycles. The van der Waals surface area contributed by atoms with Gasteiger partial charge in [-0.1, -0.05) is 24.3 Å². The molecule has 0 unspecified atom stereocenters. The highest BCUT2D eigenvalue weighted by Gasteiger charge is 2.07. The fourth-order valence-electron chi connectivity index (χ4n) is 2.55. The van der Waals surface area contributed by atoms with E-state index in [2.05, 4.69) is 43.4 Å². The Morgan fingerprint density at radius 2 is 1.70 bits per heavy atom. The van der Waals surface area contributed by atoms with Gasteiger partial charge in [-0.2, -0.15) is 0 Å². The predicted molar refractivity (Wildman–Crippen MR) is 85.3 cm³/mol. The van der Waals surface area contributed by atoms with Crippen LogP contribution in [0.4, 0.5) is 0 Å². The fraction of sp³-hybridized carbons (Fsp3) is 0.333. The largest absolute Gasteiger partial charge is 0.494 e. The van der Waals surface area contributed by atoms with Crippen LogP contribution in [0.5, 0.6) is 5.75 Å². The van der Waals surface area contributed by atoms with Gasteiger partial charge in [0, 0.05) is 6.54 Å². The van der Waals surface area contributed by atoms with E-state index in [4.69, 9.17) is 4.74 Å². The first-order chi connectivity index (χ1) is 9.65. The number of ether oxygens (including phenoxy) is 1. The Morgan fingerprint density at radius 1 is 1.00 bits per heavy atom. The van der Waals surface area contributed by atoms with Crippen LogP contribution in [0, 0.1) is 13.8 Å². The molecule has 0 spiro atoms. The van der Waals surface area contributed by atoms with Crippen molar-refractivity contribution in [2.75, 3.05) is 13.7 Å². The number of hydrogen-bond donors (Lipinski definition) is 1. The first kappa shape index (κ1) is 14.6. The molecule has 2 heteroatoms. The smallest absolute Gasteiger partial charge is 0.119 e. The number of nitrogens with one attached hydrogen (secondary N) is 1. The fourth-order valence-corrected chi connectivity index (χ4v) is 2.55. The van der Waals surface area contributed by atoms with Crippen molar-refractivity contribution < 1.29 is 4.74 Å². The van der Waals surface area contributed by atoms with E-state index in [9.17, 15) is 0 Å². The maximum Gasteiger partial charge on any atom is 0.119 e. The Balaban J connectivity index is 2.40. The van der Waals surface area contributed by atoms with Gasteiger partial charge in [0.2, 0.25) is 0 Å². The SMILES string of the molecule is CCOc1cccc(-c2cc(C)c(CNC)c(C)c2)c1. The van der Waals surface area contributed by atoms with Crippen LogP contribution in [0.15, 0.2) is 36.4 Å². The van der Waals surface area contributed by atoms with Gasteiger partial charge >= 0.3 is 0 Å². The molecule has 2 nitrogen and oxygen atoms in total. The molecule has 2 aromatic carbocycles. The lowest BCUT2D eigenvalue weighted by atomic mass is 9.95. The predicted octanol–water partition coefficient (Wildman–Crippen LogP) is 4.09. The van der Waals surface area contributed by atoms with Gasteiger partial charge < -0.3 is 10.1 Å². The Bertz CT molecular complexity index is 567. The molecule has 0 amide bonds. The molecule has 1 N–H and O–H groups in total. The summed E-state index contributed by atoms with van der Waals surface area (Å²) in [7, 11) is 1.98. The van der Waals surface area contributed by atoms with Gasteiger partial charge in [0.05, 0.1) is 6.61 Å². The Labute approximate surface area is 121 Å². The van der Waals surface area contributed by atoms with Gasteiger partial charge in [-0.25, -0.2) is 0 Å². The van der Waals surface area contributed by atoms with E-state index in [1.165, 1.54) is 27.8 Å². The molecule has 0 aliphatic heterocycles. The summed E-state index contributed by atoms with van der Waals surface area (Å²) in [5.41, 5.74) is 6.50. The van der Waals surface area contributed by atoms with Crippen LogP contribution < -0.4 is 10.1 Å². The minimum Gasteiger partial charge on any atom is -0.494 e. The highest BCUT2D eigenvalue weighted by Crippen LogP contribution is 2.28. The zero-order valence-electron chi connectivity index (χ0n) is 12.8. The molecule has 106 valence electrons. The molecule has 0 bridgehead atoms. The second-order valence-electron chi connectivity index (χ2n) is 5.08. The van der Waals surface area contributed by atoms with Gasteiger partial charge in [0.1, 0.15) is 5.75 Å². The van der Waals surface area contributed by atoms with Crippen molar-refractivity contribution in [3.63, 3.8) is 0 Å². The van der Waals surface area contributed by atoms with Crippen LogP contribution in [-0.2, 0) is 6.54 Å². The molecule has 0 aromatic heterocycles. The summed E-state index contributed by atoms with van der Waals surface area (Å²) in [6.45, 7) is 7.97. The lowest BCUT2D eigenvalue weighted by Gasteiger charge is -2.13. The van der Waals surface area contributed by atoms with Crippen molar-refractivity contribution in [2.24, 2.45) is 0 Å². The summed E-state index contributed by atoms with van der Waals surface area (Å²) < 4.78 is 5.58. The third-order valence-corrected chi connectivity index (χ3v) is 3.53. The molecule has 0 saturated carbocycles. The van der Waals surface area contributed by atoms with Crippen LogP contribution in [0.3, 0.4) is 0 Å². The molecule has 0 radical (unpaired) electrons. The summed E-state index contributed by atoms with van der Waals surface area (Å²) in [6.07, 6.45) is 0. The first-order valence-electron chi connectivity index (χ1n) is 7.13. The molecule has 20 heavy (non-hydrogen) atoms. The molecule has 0 aliphatic rings. The lowest BCUT2D eigenvalue weighted by molar-refractivity contribution is 0.340. The molecule has 0 atom stereocenters. The van der Waals surface area contributed by atoms with Crippen LogP contribution in [-0.4, -0.2) is 13.7 Å². The molecule has 2 aromatic rings. The van der Waals surface area contributed by atoms with Crippen molar-refractivity contribution in [1.82, 2.24) is 5.32 Å². The molecular weight excluding hydrogens is 246 g/mol. The molecule has 0 heterocycles. The third kappa shape index (κ3) is 3.20. The van der Waals surface area contributed by atoms with E-state index in [-0.39, 0.29) is 0 Å². The van der Waals surface area contributed by atoms with Crippen molar-refractivity contribution in [3.8, 4) is 16.9 Å². The Hall–Kier alpha value is -1.80. The van der Waals surface area contributed by atoms with Crippen LogP contribution in [0.25, 0.3) is 11.1 Å². The van der Waals surface area contributed by atoms with Gasteiger partial charge in [-0.3, -0.25) is 0 Å². The minimum absolute atomic E-state index is 0.697. The summed E-state index contributed by atoms with van der Waals surface area (Å²) in [4.78, 5) is 0. The van der Waals surface area contributed by atoms with E-state index in [0.717, 1.165) is 12.3 Å². The molecule has 0 fully saturated rings. The highest BCUT2D eigenvalue weighted by molar-refractivity contribution is 5.67. The topological polar surface area (TPSA) is 21.3 Å². The quantitative estimate of drug-likeness (QED) is 0.882. The average molecular weight is 269 g/mol. The van der Waals surface area contributed by atoms with E-state index in [1.54, 1.807) is 0 Å². The van der Waals surface area contributed by atoms with Crippen molar-refractivity contribution in [1.29, 1.82) is 0 Å².